The molecule has 0 aliphatic heterocycles. The van der Waals surface area contributed by atoms with Gasteiger partial charge in [-0.1, -0.05) is 29.8 Å². The Kier molecular flexibility index (Phi) is 4.98. The zero-order valence-corrected chi connectivity index (χ0v) is 14.4. The van der Waals surface area contributed by atoms with Gasteiger partial charge in [0.05, 0.1) is 23.4 Å². The third-order valence-electron chi connectivity index (χ3n) is 3.35. The van der Waals surface area contributed by atoms with Crippen molar-refractivity contribution in [3.8, 4) is 0 Å². The number of hydrogen-bond acceptors (Lipinski definition) is 4. The summed E-state index contributed by atoms with van der Waals surface area (Å²) in [4.78, 5) is 8.77. The van der Waals surface area contributed by atoms with Gasteiger partial charge in [0.2, 0.25) is 0 Å². The quantitative estimate of drug-likeness (QED) is 0.423. The van der Waals surface area contributed by atoms with Gasteiger partial charge in [0.15, 0.2) is 5.11 Å². The van der Waals surface area contributed by atoms with Crippen molar-refractivity contribution >= 4 is 51.9 Å². The molecular weight excluding hydrogens is 342 g/mol. The van der Waals surface area contributed by atoms with Crippen LogP contribution in [0.2, 0.25) is 5.02 Å². The van der Waals surface area contributed by atoms with Crippen molar-refractivity contribution in [1.82, 2.24) is 15.4 Å². The second-order valence-electron chi connectivity index (χ2n) is 5.02. The number of anilines is 1. The number of para-hydroxylation sites is 2. The summed E-state index contributed by atoms with van der Waals surface area (Å²) in [7, 11) is 0. The van der Waals surface area contributed by atoms with Crippen LogP contribution in [0.1, 0.15) is 11.3 Å². The third-order valence-corrected chi connectivity index (χ3v) is 3.95. The van der Waals surface area contributed by atoms with E-state index in [0.29, 0.717) is 15.8 Å². The van der Waals surface area contributed by atoms with Gasteiger partial charge in [-0.15, -0.1) is 0 Å². The average Bonchev–Trinajstić information content (AvgIpc) is 2.59. The van der Waals surface area contributed by atoms with Crippen LogP contribution in [-0.4, -0.2) is 21.3 Å². The van der Waals surface area contributed by atoms with Gasteiger partial charge in [-0.2, -0.15) is 5.10 Å². The number of hydrazone groups is 1. The van der Waals surface area contributed by atoms with Gasteiger partial charge in [0.1, 0.15) is 5.69 Å². The number of rotatable bonds is 3. The van der Waals surface area contributed by atoms with E-state index in [-0.39, 0.29) is 0 Å². The SMILES string of the molecule is Cc1c(Cl)cccc1NC(=S)N/N=C\c1cnc2ccccc2n1. The second kappa shape index (κ2) is 7.33. The van der Waals surface area contributed by atoms with Crippen LogP contribution in [0.25, 0.3) is 11.0 Å². The zero-order chi connectivity index (χ0) is 16.9. The van der Waals surface area contributed by atoms with E-state index in [1.807, 2.05) is 49.4 Å². The molecule has 0 aliphatic rings. The van der Waals surface area contributed by atoms with Gasteiger partial charge in [-0.25, -0.2) is 4.98 Å². The highest BCUT2D eigenvalue weighted by molar-refractivity contribution is 7.80. The van der Waals surface area contributed by atoms with Crippen LogP contribution < -0.4 is 10.7 Å². The van der Waals surface area contributed by atoms with Crippen LogP contribution in [-0.2, 0) is 0 Å². The predicted molar refractivity (Wildman–Crippen MR) is 103 cm³/mol. The molecule has 0 saturated carbocycles. The van der Waals surface area contributed by atoms with E-state index in [2.05, 4.69) is 25.8 Å². The van der Waals surface area contributed by atoms with Crippen molar-refractivity contribution in [1.29, 1.82) is 0 Å². The molecule has 2 aromatic carbocycles. The highest BCUT2D eigenvalue weighted by Crippen LogP contribution is 2.22. The number of aromatic nitrogens is 2. The summed E-state index contributed by atoms with van der Waals surface area (Å²) in [5, 5.41) is 8.18. The molecule has 0 amide bonds. The molecule has 7 heteroatoms. The Morgan fingerprint density at radius 3 is 2.79 bits per heavy atom. The van der Waals surface area contributed by atoms with Crippen molar-refractivity contribution in [2.75, 3.05) is 5.32 Å². The number of halogens is 1. The molecule has 3 aromatic rings. The van der Waals surface area contributed by atoms with Crippen LogP contribution in [0, 0.1) is 6.92 Å². The zero-order valence-electron chi connectivity index (χ0n) is 12.8. The minimum atomic E-state index is 0.366. The standard InChI is InChI=1S/C17H14ClN5S/c1-11-13(18)5-4-8-14(11)22-17(24)23-20-10-12-9-19-15-6-2-3-7-16(15)21-12/h2-10H,1H3,(H2,22,23,24)/b20-10-. The minimum absolute atomic E-state index is 0.366. The first-order chi connectivity index (χ1) is 11.6. The molecule has 0 atom stereocenters. The predicted octanol–water partition coefficient (Wildman–Crippen LogP) is 3.91. The highest BCUT2D eigenvalue weighted by atomic mass is 35.5. The summed E-state index contributed by atoms with van der Waals surface area (Å²) in [6.07, 6.45) is 3.23. The normalized spacial score (nSPS) is 10.9. The number of nitrogens with zero attached hydrogens (tertiary/aromatic N) is 3. The van der Waals surface area contributed by atoms with Gasteiger partial charge in [0.25, 0.3) is 0 Å². The number of hydrogen-bond donors (Lipinski definition) is 2. The third kappa shape index (κ3) is 3.84. The largest absolute Gasteiger partial charge is 0.331 e. The highest BCUT2D eigenvalue weighted by Gasteiger charge is 2.03. The molecule has 0 saturated heterocycles. The first-order valence-electron chi connectivity index (χ1n) is 7.20. The fraction of sp³-hybridized carbons (Fsp3) is 0.0588. The Morgan fingerprint density at radius 2 is 1.96 bits per heavy atom. The molecule has 120 valence electrons. The number of thiocarbonyl (C=S) groups is 1. The topological polar surface area (TPSA) is 62.2 Å². The average molecular weight is 356 g/mol. The molecule has 1 aromatic heterocycles. The Labute approximate surface area is 149 Å². The van der Waals surface area contributed by atoms with Gasteiger partial charge < -0.3 is 5.32 Å². The van der Waals surface area contributed by atoms with Crippen LogP contribution in [0.5, 0.6) is 0 Å². The molecule has 0 bridgehead atoms. The lowest BCUT2D eigenvalue weighted by Crippen LogP contribution is -2.24. The van der Waals surface area contributed by atoms with Crippen molar-refractivity contribution < 1.29 is 0 Å². The van der Waals surface area contributed by atoms with Gasteiger partial charge in [0, 0.05) is 10.7 Å². The Bertz CT molecular complexity index is 926. The maximum Gasteiger partial charge on any atom is 0.191 e. The fourth-order valence-corrected chi connectivity index (χ4v) is 2.42. The summed E-state index contributed by atoms with van der Waals surface area (Å²) >= 11 is 11.3. The number of fused-ring (bicyclic) bond motifs is 1. The Hall–Kier alpha value is -2.57. The van der Waals surface area contributed by atoms with E-state index in [1.165, 1.54) is 0 Å². The van der Waals surface area contributed by atoms with Crippen LogP contribution >= 0.6 is 23.8 Å². The van der Waals surface area contributed by atoms with E-state index in [4.69, 9.17) is 23.8 Å². The molecule has 0 spiro atoms. The number of benzene rings is 2. The summed E-state index contributed by atoms with van der Waals surface area (Å²) < 4.78 is 0. The Morgan fingerprint density at radius 1 is 1.17 bits per heavy atom. The van der Waals surface area contributed by atoms with Crippen molar-refractivity contribution in [2.24, 2.45) is 5.10 Å². The molecule has 3 rings (SSSR count). The lowest BCUT2D eigenvalue weighted by Gasteiger charge is -2.10. The van der Waals surface area contributed by atoms with E-state index in [1.54, 1.807) is 12.4 Å². The maximum absolute atomic E-state index is 6.08. The number of nitrogens with one attached hydrogen (secondary N) is 2. The lowest BCUT2D eigenvalue weighted by molar-refractivity contribution is 1.05. The molecule has 24 heavy (non-hydrogen) atoms. The summed E-state index contributed by atoms with van der Waals surface area (Å²) in [5.41, 5.74) is 6.81. The van der Waals surface area contributed by atoms with E-state index >= 15 is 0 Å². The minimum Gasteiger partial charge on any atom is -0.331 e. The lowest BCUT2D eigenvalue weighted by atomic mass is 10.2. The van der Waals surface area contributed by atoms with E-state index in [9.17, 15) is 0 Å². The summed E-state index contributed by atoms with van der Waals surface area (Å²) in [6, 6.07) is 13.2. The van der Waals surface area contributed by atoms with Gasteiger partial charge >= 0.3 is 0 Å². The van der Waals surface area contributed by atoms with Crippen LogP contribution in [0.3, 0.4) is 0 Å². The monoisotopic (exact) mass is 355 g/mol. The molecule has 0 radical (unpaired) electrons. The second-order valence-corrected chi connectivity index (χ2v) is 5.84. The molecular formula is C17H14ClN5S. The van der Waals surface area contributed by atoms with Crippen molar-refractivity contribution in [3.63, 3.8) is 0 Å². The molecule has 0 aliphatic carbocycles. The molecule has 2 N–H and O–H groups in total. The van der Waals surface area contributed by atoms with Crippen molar-refractivity contribution in [3.05, 3.63) is 64.9 Å². The summed E-state index contributed by atoms with van der Waals surface area (Å²) in [5.74, 6) is 0. The molecule has 1 heterocycles. The van der Waals surface area contributed by atoms with Crippen LogP contribution in [0.15, 0.2) is 53.8 Å². The summed E-state index contributed by atoms with van der Waals surface area (Å²) in [6.45, 7) is 1.92. The van der Waals surface area contributed by atoms with Gasteiger partial charge in [-0.3, -0.25) is 10.4 Å². The van der Waals surface area contributed by atoms with Crippen LogP contribution in [0.4, 0.5) is 5.69 Å². The molecule has 0 unspecified atom stereocenters. The first-order valence-corrected chi connectivity index (χ1v) is 7.99. The van der Waals surface area contributed by atoms with Crippen molar-refractivity contribution in [2.45, 2.75) is 6.92 Å². The maximum atomic E-state index is 6.08. The smallest absolute Gasteiger partial charge is 0.191 e. The Balaban J connectivity index is 1.64. The van der Waals surface area contributed by atoms with E-state index in [0.717, 1.165) is 22.3 Å². The first kappa shape index (κ1) is 16.3. The fourth-order valence-electron chi connectivity index (χ4n) is 2.08. The molecule has 5 nitrogen and oxygen atoms in total. The van der Waals surface area contributed by atoms with Gasteiger partial charge in [-0.05, 0) is 49.0 Å². The van der Waals surface area contributed by atoms with E-state index < -0.39 is 0 Å². The molecule has 0 fully saturated rings.